The van der Waals surface area contributed by atoms with E-state index in [1.54, 1.807) is 25.6 Å². The second kappa shape index (κ2) is 5.42. The first-order valence-corrected chi connectivity index (χ1v) is 6.84. The smallest absolute Gasteiger partial charge is 0.311 e. The third kappa shape index (κ3) is 4.01. The predicted molar refractivity (Wildman–Crippen MR) is 74.3 cm³/mol. The van der Waals surface area contributed by atoms with E-state index in [0.29, 0.717) is 7.48 Å². The number of rotatable bonds is 5. The van der Waals surface area contributed by atoms with Crippen molar-refractivity contribution in [2.45, 2.75) is 43.9 Å². The van der Waals surface area contributed by atoms with Gasteiger partial charge in [-0.2, -0.15) is 0 Å². The molecule has 1 heterocycles. The summed E-state index contributed by atoms with van der Waals surface area (Å²) in [6.45, 7) is 7.28. The third-order valence-corrected chi connectivity index (χ3v) is 3.74. The molecule has 0 aliphatic carbocycles. The molecule has 0 aromatic carbocycles. The zero-order valence-corrected chi connectivity index (χ0v) is 12.0. The molecule has 3 nitrogen and oxygen atoms in total. The van der Waals surface area contributed by atoms with Crippen molar-refractivity contribution in [1.29, 1.82) is 0 Å². The van der Waals surface area contributed by atoms with Crippen molar-refractivity contribution in [2.75, 3.05) is 6.26 Å². The molecule has 94 valence electrons. The van der Waals surface area contributed by atoms with Crippen LogP contribution in [0.3, 0.4) is 0 Å². The Morgan fingerprint density at radius 2 is 1.94 bits per heavy atom. The number of thioether (sulfide) groups is 1. The molecule has 1 aromatic heterocycles. The highest BCUT2D eigenvalue weighted by atomic mass is 32.2. The molecule has 1 aromatic rings. The Labute approximate surface area is 108 Å². The first kappa shape index (κ1) is 14.5. The van der Waals surface area contributed by atoms with Gasteiger partial charge in [-0.15, -0.1) is 11.8 Å². The lowest BCUT2D eigenvalue weighted by Gasteiger charge is -2.37. The Morgan fingerprint density at radius 3 is 2.35 bits per heavy atom. The van der Waals surface area contributed by atoms with Crippen LogP contribution in [0.4, 0.5) is 0 Å². The Morgan fingerprint density at radius 1 is 1.29 bits per heavy atom. The van der Waals surface area contributed by atoms with Crippen molar-refractivity contribution < 1.29 is 9.76 Å². The summed E-state index contributed by atoms with van der Waals surface area (Å²) in [5.74, 6) is 0. The largest absolute Gasteiger partial charge is 0.427 e. The summed E-state index contributed by atoms with van der Waals surface area (Å²) >= 11 is 1.61. The van der Waals surface area contributed by atoms with Crippen LogP contribution >= 0.6 is 11.8 Å². The molecular weight excluding hydrogens is 233 g/mol. The van der Waals surface area contributed by atoms with Crippen molar-refractivity contribution in [3.8, 4) is 0 Å². The van der Waals surface area contributed by atoms with Crippen molar-refractivity contribution >= 4 is 24.7 Å². The van der Waals surface area contributed by atoms with Crippen molar-refractivity contribution in [1.82, 2.24) is 4.98 Å². The van der Waals surface area contributed by atoms with Crippen LogP contribution in [-0.2, 0) is 4.65 Å². The second-order valence-electron chi connectivity index (χ2n) is 5.07. The SMILES string of the molecule is CSc1ccc(BOC(C)(C)C(C)(C)O)cn1. The number of hydrogen-bond acceptors (Lipinski definition) is 4. The van der Waals surface area contributed by atoms with Gasteiger partial charge in [0, 0.05) is 6.20 Å². The lowest BCUT2D eigenvalue weighted by Crippen LogP contribution is -2.49. The lowest BCUT2D eigenvalue weighted by molar-refractivity contribution is -0.0893. The molecule has 0 fully saturated rings. The van der Waals surface area contributed by atoms with Gasteiger partial charge in [0.25, 0.3) is 0 Å². The highest BCUT2D eigenvalue weighted by molar-refractivity contribution is 7.98. The number of aliphatic hydroxyl groups is 1. The summed E-state index contributed by atoms with van der Waals surface area (Å²) in [7, 11) is 0.457. The molecule has 1 rings (SSSR count). The molecule has 17 heavy (non-hydrogen) atoms. The first-order chi connectivity index (χ1) is 7.76. The van der Waals surface area contributed by atoms with Crippen LogP contribution in [-0.4, -0.2) is 35.0 Å². The van der Waals surface area contributed by atoms with E-state index in [1.807, 2.05) is 38.4 Å². The molecule has 0 radical (unpaired) electrons. The number of pyridine rings is 1. The second-order valence-corrected chi connectivity index (χ2v) is 5.89. The van der Waals surface area contributed by atoms with Gasteiger partial charge in [-0.05, 0) is 45.5 Å². The monoisotopic (exact) mass is 253 g/mol. The highest BCUT2D eigenvalue weighted by Gasteiger charge is 2.35. The Kier molecular flexibility index (Phi) is 4.64. The summed E-state index contributed by atoms with van der Waals surface area (Å²) < 4.78 is 5.76. The van der Waals surface area contributed by atoms with Gasteiger partial charge in [0.2, 0.25) is 0 Å². The summed E-state index contributed by atoms with van der Waals surface area (Å²) in [6.07, 6.45) is 3.81. The number of hydrogen-bond donors (Lipinski definition) is 1. The normalized spacial score (nSPS) is 12.6. The maximum absolute atomic E-state index is 9.96. The van der Waals surface area contributed by atoms with E-state index in [4.69, 9.17) is 4.65 Å². The van der Waals surface area contributed by atoms with E-state index >= 15 is 0 Å². The van der Waals surface area contributed by atoms with E-state index < -0.39 is 11.2 Å². The fourth-order valence-electron chi connectivity index (χ4n) is 1.06. The van der Waals surface area contributed by atoms with Crippen LogP contribution in [0.5, 0.6) is 0 Å². The average molecular weight is 253 g/mol. The quantitative estimate of drug-likeness (QED) is 0.635. The van der Waals surface area contributed by atoms with E-state index in [0.717, 1.165) is 10.5 Å². The predicted octanol–water partition coefficient (Wildman–Crippen LogP) is 1.35. The summed E-state index contributed by atoms with van der Waals surface area (Å²) in [6, 6.07) is 3.97. The van der Waals surface area contributed by atoms with Crippen LogP contribution in [0.1, 0.15) is 27.7 Å². The lowest BCUT2D eigenvalue weighted by atomic mass is 9.83. The van der Waals surface area contributed by atoms with E-state index in [1.165, 1.54) is 0 Å². The van der Waals surface area contributed by atoms with Crippen molar-refractivity contribution in [3.63, 3.8) is 0 Å². The van der Waals surface area contributed by atoms with Gasteiger partial charge in [-0.25, -0.2) is 0 Å². The average Bonchev–Trinajstić information content (AvgIpc) is 2.25. The van der Waals surface area contributed by atoms with Gasteiger partial charge >= 0.3 is 7.48 Å². The summed E-state index contributed by atoms with van der Waals surface area (Å²) in [5.41, 5.74) is -0.453. The maximum Gasteiger partial charge on any atom is 0.311 e. The van der Waals surface area contributed by atoms with Crippen LogP contribution in [0, 0.1) is 0 Å². The van der Waals surface area contributed by atoms with Crippen LogP contribution in [0.15, 0.2) is 23.4 Å². The minimum atomic E-state index is -0.875. The minimum Gasteiger partial charge on any atom is -0.427 e. The fraction of sp³-hybridized carbons (Fsp3) is 0.583. The third-order valence-electron chi connectivity index (χ3n) is 3.08. The molecule has 0 saturated heterocycles. The molecule has 0 aliphatic rings. The highest BCUT2D eigenvalue weighted by Crippen LogP contribution is 2.24. The molecular formula is C12H20BNO2S. The van der Waals surface area contributed by atoms with Gasteiger partial charge < -0.3 is 9.76 Å². The number of aromatic nitrogens is 1. The molecule has 0 spiro atoms. The molecule has 0 saturated carbocycles. The van der Waals surface area contributed by atoms with Crippen LogP contribution in [0.2, 0.25) is 0 Å². The first-order valence-electron chi connectivity index (χ1n) is 5.61. The standard InChI is InChI=1S/C12H20BNO2S/c1-11(2,15)12(3,4)16-13-9-6-7-10(17-5)14-8-9/h6-8,13,15H,1-5H3. The number of nitrogens with zero attached hydrogens (tertiary/aromatic N) is 1. The maximum atomic E-state index is 9.96. The Balaban J connectivity index is 2.61. The van der Waals surface area contributed by atoms with Gasteiger partial charge in [0.1, 0.15) is 0 Å². The van der Waals surface area contributed by atoms with E-state index in [2.05, 4.69) is 4.98 Å². The van der Waals surface area contributed by atoms with Crippen LogP contribution < -0.4 is 5.46 Å². The molecule has 5 heteroatoms. The molecule has 0 atom stereocenters. The van der Waals surface area contributed by atoms with Gasteiger partial charge in [-0.3, -0.25) is 4.98 Å². The fourth-order valence-corrected chi connectivity index (χ4v) is 1.42. The summed E-state index contributed by atoms with van der Waals surface area (Å²) in [4.78, 5) is 4.28. The van der Waals surface area contributed by atoms with Gasteiger partial charge in [-0.1, -0.05) is 6.07 Å². The molecule has 0 unspecified atom stereocenters. The molecule has 1 N–H and O–H groups in total. The topological polar surface area (TPSA) is 42.4 Å². The van der Waals surface area contributed by atoms with Crippen molar-refractivity contribution in [3.05, 3.63) is 18.3 Å². The Hall–Kier alpha value is -0.515. The zero-order valence-electron chi connectivity index (χ0n) is 11.2. The molecule has 0 aliphatic heterocycles. The Bertz CT molecular complexity index is 360. The van der Waals surface area contributed by atoms with Crippen molar-refractivity contribution in [2.24, 2.45) is 0 Å². The van der Waals surface area contributed by atoms with E-state index in [9.17, 15) is 5.11 Å². The van der Waals surface area contributed by atoms with Gasteiger partial charge in [0.05, 0.1) is 16.2 Å². The molecule has 0 bridgehead atoms. The molecule has 0 amide bonds. The van der Waals surface area contributed by atoms with E-state index in [-0.39, 0.29) is 0 Å². The minimum absolute atomic E-state index is 0.457. The van der Waals surface area contributed by atoms with Crippen LogP contribution in [0.25, 0.3) is 0 Å². The summed E-state index contributed by atoms with van der Waals surface area (Å²) in [5, 5.41) is 11.0. The zero-order chi connectivity index (χ0) is 13.1. The van der Waals surface area contributed by atoms with Gasteiger partial charge in [0.15, 0.2) is 0 Å².